The monoisotopic (exact) mass is 283 g/mol. The Morgan fingerprint density at radius 2 is 1.86 bits per heavy atom. The first-order valence-electron chi connectivity index (χ1n) is 6.61. The minimum atomic E-state index is -0.389. The molecule has 3 aromatic rings. The van der Waals surface area contributed by atoms with Crippen molar-refractivity contribution in [2.75, 3.05) is 0 Å². The van der Waals surface area contributed by atoms with Crippen LogP contribution in [0.1, 0.15) is 11.3 Å². The van der Waals surface area contributed by atoms with E-state index >= 15 is 0 Å². The Balaban J connectivity index is 1.71. The van der Waals surface area contributed by atoms with Crippen LogP contribution in [0.2, 0.25) is 0 Å². The first kappa shape index (κ1) is 13.4. The Kier molecular flexibility index (Phi) is 3.69. The van der Waals surface area contributed by atoms with E-state index in [1.54, 1.807) is 18.2 Å². The molecule has 1 heterocycles. The Bertz CT molecular complexity index is 735. The van der Waals surface area contributed by atoms with Crippen molar-refractivity contribution in [3.8, 4) is 17.2 Å². The van der Waals surface area contributed by atoms with Crippen LogP contribution in [0.5, 0.6) is 5.75 Å². The van der Waals surface area contributed by atoms with Crippen molar-refractivity contribution in [2.45, 2.75) is 13.5 Å². The lowest BCUT2D eigenvalue weighted by atomic mass is 10.1. The smallest absolute Gasteiger partial charge is 0.226 e. The molecule has 0 aliphatic heterocycles. The van der Waals surface area contributed by atoms with Gasteiger partial charge in [-0.25, -0.2) is 9.37 Å². The molecule has 0 fully saturated rings. The molecule has 0 spiro atoms. The van der Waals surface area contributed by atoms with Crippen molar-refractivity contribution in [2.24, 2.45) is 0 Å². The fourth-order valence-electron chi connectivity index (χ4n) is 1.92. The minimum Gasteiger partial charge on any atom is -0.484 e. The first-order chi connectivity index (χ1) is 10.2. The highest BCUT2D eigenvalue weighted by Gasteiger charge is 2.08. The second-order valence-corrected chi connectivity index (χ2v) is 4.73. The number of rotatable bonds is 4. The van der Waals surface area contributed by atoms with Crippen LogP contribution in [0.4, 0.5) is 4.39 Å². The maximum Gasteiger partial charge on any atom is 0.226 e. The molecular formula is C17H14FNO2. The topological polar surface area (TPSA) is 35.3 Å². The molecule has 0 bridgehead atoms. The van der Waals surface area contributed by atoms with E-state index in [4.69, 9.17) is 9.15 Å². The molecule has 0 N–H and O–H groups in total. The predicted molar refractivity (Wildman–Crippen MR) is 77.4 cm³/mol. The summed E-state index contributed by atoms with van der Waals surface area (Å²) >= 11 is 0. The fraction of sp³-hybridized carbons (Fsp3) is 0.118. The Labute approximate surface area is 122 Å². The van der Waals surface area contributed by atoms with Gasteiger partial charge in [-0.05, 0) is 31.2 Å². The van der Waals surface area contributed by atoms with Crippen molar-refractivity contribution >= 4 is 0 Å². The zero-order valence-electron chi connectivity index (χ0n) is 11.5. The van der Waals surface area contributed by atoms with Crippen LogP contribution in [-0.4, -0.2) is 4.98 Å². The van der Waals surface area contributed by atoms with Crippen LogP contribution in [-0.2, 0) is 6.61 Å². The number of ether oxygens (including phenoxy) is 1. The van der Waals surface area contributed by atoms with Crippen LogP contribution in [0.3, 0.4) is 0 Å². The normalized spacial score (nSPS) is 10.6. The summed E-state index contributed by atoms with van der Waals surface area (Å²) < 4.78 is 24.2. The van der Waals surface area contributed by atoms with Gasteiger partial charge in [0.05, 0.1) is 0 Å². The largest absolute Gasteiger partial charge is 0.484 e. The maximum absolute atomic E-state index is 13.4. The maximum atomic E-state index is 13.4. The standard InChI is InChI=1S/C17H14FNO2/c1-12-6-8-13(9-7-12)17-19-14(11-21-17)10-20-16-5-3-2-4-15(16)18/h2-9,11H,10H2,1H3. The summed E-state index contributed by atoms with van der Waals surface area (Å²) in [5.74, 6) is 0.347. The molecule has 0 radical (unpaired) electrons. The van der Waals surface area contributed by atoms with E-state index in [0.29, 0.717) is 11.6 Å². The number of halogens is 1. The number of aryl methyl sites for hydroxylation is 1. The molecule has 1 aromatic heterocycles. The lowest BCUT2D eigenvalue weighted by Crippen LogP contribution is -1.97. The molecule has 2 aromatic carbocycles. The number of aromatic nitrogens is 1. The van der Waals surface area contributed by atoms with Gasteiger partial charge in [-0.3, -0.25) is 0 Å². The van der Waals surface area contributed by atoms with Gasteiger partial charge >= 0.3 is 0 Å². The average molecular weight is 283 g/mol. The zero-order chi connectivity index (χ0) is 14.7. The van der Waals surface area contributed by atoms with Crippen LogP contribution < -0.4 is 4.74 Å². The van der Waals surface area contributed by atoms with Gasteiger partial charge in [0.15, 0.2) is 11.6 Å². The number of hydrogen-bond acceptors (Lipinski definition) is 3. The Hall–Kier alpha value is -2.62. The van der Waals surface area contributed by atoms with E-state index < -0.39 is 0 Å². The van der Waals surface area contributed by atoms with Crippen molar-refractivity contribution in [3.63, 3.8) is 0 Å². The van der Waals surface area contributed by atoms with E-state index in [1.807, 2.05) is 31.2 Å². The van der Waals surface area contributed by atoms with Gasteiger partial charge in [0.1, 0.15) is 18.6 Å². The van der Waals surface area contributed by atoms with Crippen molar-refractivity contribution in [1.82, 2.24) is 4.98 Å². The van der Waals surface area contributed by atoms with Crippen LogP contribution >= 0.6 is 0 Å². The van der Waals surface area contributed by atoms with Gasteiger partial charge in [-0.15, -0.1) is 0 Å². The van der Waals surface area contributed by atoms with Crippen LogP contribution in [0.15, 0.2) is 59.2 Å². The van der Waals surface area contributed by atoms with Gasteiger partial charge in [0, 0.05) is 5.56 Å². The number of para-hydroxylation sites is 1. The van der Waals surface area contributed by atoms with Gasteiger partial charge in [0.25, 0.3) is 0 Å². The SMILES string of the molecule is Cc1ccc(-c2nc(COc3ccccc3F)co2)cc1. The molecule has 0 unspecified atom stereocenters. The molecule has 0 atom stereocenters. The lowest BCUT2D eigenvalue weighted by molar-refractivity contribution is 0.285. The number of benzene rings is 2. The molecule has 0 saturated heterocycles. The Morgan fingerprint density at radius 3 is 2.62 bits per heavy atom. The third kappa shape index (κ3) is 3.11. The number of oxazole rings is 1. The molecule has 3 rings (SSSR count). The summed E-state index contributed by atoms with van der Waals surface area (Å²) in [6, 6.07) is 14.2. The molecule has 0 aliphatic carbocycles. The van der Waals surface area contributed by atoms with Gasteiger partial charge in [0.2, 0.25) is 5.89 Å². The van der Waals surface area contributed by atoms with E-state index in [1.165, 1.54) is 17.9 Å². The number of hydrogen-bond donors (Lipinski definition) is 0. The highest BCUT2D eigenvalue weighted by molar-refractivity contribution is 5.53. The molecule has 0 saturated carbocycles. The van der Waals surface area contributed by atoms with Gasteiger partial charge in [-0.2, -0.15) is 0 Å². The molecule has 0 aliphatic rings. The molecule has 4 heteroatoms. The van der Waals surface area contributed by atoms with E-state index in [-0.39, 0.29) is 18.2 Å². The summed E-state index contributed by atoms with van der Waals surface area (Å²) in [6.07, 6.45) is 1.52. The lowest BCUT2D eigenvalue weighted by Gasteiger charge is -2.04. The van der Waals surface area contributed by atoms with Crippen LogP contribution in [0, 0.1) is 12.7 Å². The average Bonchev–Trinajstić information content (AvgIpc) is 2.96. The molecule has 21 heavy (non-hydrogen) atoms. The molecule has 106 valence electrons. The van der Waals surface area contributed by atoms with Crippen molar-refractivity contribution < 1.29 is 13.5 Å². The summed E-state index contributed by atoms with van der Waals surface area (Å²) in [4.78, 5) is 4.34. The third-order valence-electron chi connectivity index (χ3n) is 3.06. The second kappa shape index (κ2) is 5.79. The quantitative estimate of drug-likeness (QED) is 0.713. The van der Waals surface area contributed by atoms with E-state index in [0.717, 1.165) is 5.56 Å². The zero-order valence-corrected chi connectivity index (χ0v) is 11.5. The summed E-state index contributed by atoms with van der Waals surface area (Å²) in [7, 11) is 0. The Morgan fingerprint density at radius 1 is 1.10 bits per heavy atom. The highest BCUT2D eigenvalue weighted by atomic mass is 19.1. The van der Waals surface area contributed by atoms with Gasteiger partial charge < -0.3 is 9.15 Å². The second-order valence-electron chi connectivity index (χ2n) is 4.73. The van der Waals surface area contributed by atoms with Gasteiger partial charge in [-0.1, -0.05) is 29.8 Å². The predicted octanol–water partition coefficient (Wildman–Crippen LogP) is 4.37. The minimum absolute atomic E-state index is 0.163. The first-order valence-corrected chi connectivity index (χ1v) is 6.61. The molecule has 0 amide bonds. The van der Waals surface area contributed by atoms with Crippen LogP contribution in [0.25, 0.3) is 11.5 Å². The van der Waals surface area contributed by atoms with E-state index in [2.05, 4.69) is 4.98 Å². The third-order valence-corrected chi connectivity index (χ3v) is 3.06. The summed E-state index contributed by atoms with van der Waals surface area (Å²) in [5.41, 5.74) is 2.69. The van der Waals surface area contributed by atoms with E-state index in [9.17, 15) is 4.39 Å². The fourth-order valence-corrected chi connectivity index (χ4v) is 1.92. The highest BCUT2D eigenvalue weighted by Crippen LogP contribution is 2.21. The summed E-state index contributed by atoms with van der Waals surface area (Å²) in [5, 5.41) is 0. The molecular weight excluding hydrogens is 269 g/mol. The molecule has 3 nitrogen and oxygen atoms in total. The van der Waals surface area contributed by atoms with Crippen molar-refractivity contribution in [1.29, 1.82) is 0 Å². The summed E-state index contributed by atoms with van der Waals surface area (Å²) in [6.45, 7) is 2.18. The number of nitrogens with zero attached hydrogens (tertiary/aromatic N) is 1. The van der Waals surface area contributed by atoms with Crippen molar-refractivity contribution in [3.05, 3.63) is 71.9 Å².